The topological polar surface area (TPSA) is 44.9 Å². The van der Waals surface area contributed by atoms with E-state index in [2.05, 4.69) is 16.4 Å². The molecular formula is C20H21FN2O. The first-order valence-electron chi connectivity index (χ1n) is 8.03. The summed E-state index contributed by atoms with van der Waals surface area (Å²) in [6, 6.07) is 14.2. The predicted molar refractivity (Wildman–Crippen MR) is 94.3 cm³/mol. The van der Waals surface area contributed by atoms with Crippen molar-refractivity contribution in [3.8, 4) is 0 Å². The number of H-pyrrole nitrogens is 1. The summed E-state index contributed by atoms with van der Waals surface area (Å²) in [6.45, 7) is 4.02. The average molecular weight is 324 g/mol. The third kappa shape index (κ3) is 3.82. The Labute approximate surface area is 140 Å². The van der Waals surface area contributed by atoms with E-state index in [1.165, 1.54) is 23.1 Å². The molecule has 0 atom stereocenters. The molecule has 0 fully saturated rings. The molecule has 3 aromatic rings. The summed E-state index contributed by atoms with van der Waals surface area (Å²) in [6.07, 6.45) is 2.97. The van der Waals surface area contributed by atoms with E-state index in [-0.39, 0.29) is 23.7 Å². The fourth-order valence-electron chi connectivity index (χ4n) is 3.01. The Balaban J connectivity index is 1.66. The molecule has 24 heavy (non-hydrogen) atoms. The number of nitrogens with one attached hydrogen (secondary N) is 2. The number of rotatable bonds is 5. The maximum Gasteiger partial charge on any atom is 0.224 e. The Morgan fingerprint density at radius 2 is 1.83 bits per heavy atom. The van der Waals surface area contributed by atoms with Crippen molar-refractivity contribution in [2.45, 2.75) is 32.2 Å². The van der Waals surface area contributed by atoms with Gasteiger partial charge in [0.2, 0.25) is 5.91 Å². The van der Waals surface area contributed by atoms with Crippen molar-refractivity contribution in [3.05, 3.63) is 71.7 Å². The fourth-order valence-corrected chi connectivity index (χ4v) is 3.01. The Bertz CT molecular complexity index is 849. The van der Waals surface area contributed by atoms with Crippen LogP contribution in [0.15, 0.2) is 54.7 Å². The molecule has 2 N–H and O–H groups in total. The number of halogens is 1. The van der Waals surface area contributed by atoms with Gasteiger partial charge in [0, 0.05) is 22.6 Å². The number of para-hydroxylation sites is 1. The standard InChI is InChI=1S/C20H21FN2O/c1-20(2,12-15-13-22-18-6-4-3-5-17(15)18)23-19(24)11-14-7-9-16(21)10-8-14/h3-10,13,22H,11-12H2,1-2H3,(H,23,24). The van der Waals surface area contributed by atoms with Gasteiger partial charge in [-0.3, -0.25) is 4.79 Å². The number of hydrogen-bond donors (Lipinski definition) is 2. The van der Waals surface area contributed by atoms with Gasteiger partial charge < -0.3 is 10.3 Å². The summed E-state index contributed by atoms with van der Waals surface area (Å²) in [5.41, 5.74) is 2.71. The van der Waals surface area contributed by atoms with Crippen LogP contribution in [0.2, 0.25) is 0 Å². The smallest absolute Gasteiger partial charge is 0.224 e. The highest BCUT2D eigenvalue weighted by Gasteiger charge is 2.22. The van der Waals surface area contributed by atoms with E-state index in [4.69, 9.17) is 0 Å². The molecule has 1 aromatic heterocycles. The van der Waals surface area contributed by atoms with Crippen molar-refractivity contribution in [2.24, 2.45) is 0 Å². The van der Waals surface area contributed by atoms with E-state index < -0.39 is 0 Å². The first-order chi connectivity index (χ1) is 11.4. The molecule has 0 radical (unpaired) electrons. The van der Waals surface area contributed by atoms with E-state index in [1.807, 2.05) is 38.2 Å². The minimum atomic E-state index is -0.373. The monoisotopic (exact) mass is 324 g/mol. The van der Waals surface area contributed by atoms with Gasteiger partial charge in [-0.1, -0.05) is 30.3 Å². The minimum Gasteiger partial charge on any atom is -0.361 e. The van der Waals surface area contributed by atoms with Gasteiger partial charge in [-0.2, -0.15) is 0 Å². The molecule has 0 aliphatic carbocycles. The Morgan fingerprint density at radius 1 is 1.12 bits per heavy atom. The van der Waals surface area contributed by atoms with Crippen LogP contribution in [0, 0.1) is 5.82 Å². The van der Waals surface area contributed by atoms with Crippen molar-refractivity contribution in [1.29, 1.82) is 0 Å². The number of fused-ring (bicyclic) bond motifs is 1. The second-order valence-electron chi connectivity index (χ2n) is 6.77. The lowest BCUT2D eigenvalue weighted by Gasteiger charge is -2.26. The highest BCUT2D eigenvalue weighted by Crippen LogP contribution is 2.22. The number of amides is 1. The van der Waals surface area contributed by atoms with E-state index in [0.29, 0.717) is 0 Å². The molecule has 1 heterocycles. The van der Waals surface area contributed by atoms with E-state index in [1.54, 1.807) is 12.1 Å². The molecule has 3 nitrogen and oxygen atoms in total. The Hall–Kier alpha value is -2.62. The molecule has 0 aliphatic heterocycles. The Morgan fingerprint density at radius 3 is 2.58 bits per heavy atom. The molecular weight excluding hydrogens is 303 g/mol. The van der Waals surface area contributed by atoms with E-state index in [0.717, 1.165) is 17.5 Å². The number of carbonyl (C=O) groups excluding carboxylic acids is 1. The summed E-state index contributed by atoms with van der Waals surface area (Å²) in [4.78, 5) is 15.6. The predicted octanol–water partition coefficient (Wildman–Crippen LogP) is 3.99. The largest absolute Gasteiger partial charge is 0.361 e. The van der Waals surface area contributed by atoms with Gasteiger partial charge in [0.15, 0.2) is 0 Å². The summed E-state index contributed by atoms with van der Waals surface area (Å²) >= 11 is 0. The molecule has 0 saturated carbocycles. The number of aromatic nitrogens is 1. The van der Waals surface area contributed by atoms with Crippen LogP contribution in [-0.2, 0) is 17.6 Å². The van der Waals surface area contributed by atoms with Crippen molar-refractivity contribution >= 4 is 16.8 Å². The summed E-state index contributed by atoms with van der Waals surface area (Å²) < 4.78 is 12.9. The fraction of sp³-hybridized carbons (Fsp3) is 0.250. The van der Waals surface area contributed by atoms with Gasteiger partial charge in [0.25, 0.3) is 0 Å². The van der Waals surface area contributed by atoms with Crippen molar-refractivity contribution in [2.75, 3.05) is 0 Å². The zero-order valence-electron chi connectivity index (χ0n) is 13.9. The highest BCUT2D eigenvalue weighted by molar-refractivity contribution is 5.83. The Kier molecular flexibility index (Phi) is 4.38. The molecule has 1 amide bonds. The molecule has 0 unspecified atom stereocenters. The van der Waals surface area contributed by atoms with Crippen LogP contribution in [0.25, 0.3) is 10.9 Å². The molecule has 0 bridgehead atoms. The molecule has 4 heteroatoms. The normalized spacial score (nSPS) is 11.6. The van der Waals surface area contributed by atoms with Gasteiger partial charge in [-0.25, -0.2) is 4.39 Å². The summed E-state index contributed by atoms with van der Waals surface area (Å²) in [7, 11) is 0. The number of benzene rings is 2. The van der Waals surface area contributed by atoms with E-state index >= 15 is 0 Å². The van der Waals surface area contributed by atoms with Crippen LogP contribution < -0.4 is 5.32 Å². The number of aromatic amines is 1. The molecule has 2 aromatic carbocycles. The van der Waals surface area contributed by atoms with Crippen LogP contribution in [0.3, 0.4) is 0 Å². The third-order valence-corrected chi connectivity index (χ3v) is 4.06. The van der Waals surface area contributed by atoms with Gasteiger partial charge in [-0.15, -0.1) is 0 Å². The number of hydrogen-bond acceptors (Lipinski definition) is 1. The first-order valence-corrected chi connectivity index (χ1v) is 8.03. The van der Waals surface area contributed by atoms with Crippen LogP contribution in [-0.4, -0.2) is 16.4 Å². The van der Waals surface area contributed by atoms with Gasteiger partial charge in [-0.05, 0) is 49.6 Å². The summed E-state index contributed by atoms with van der Waals surface area (Å²) in [5.74, 6) is -0.356. The van der Waals surface area contributed by atoms with Crippen molar-refractivity contribution < 1.29 is 9.18 Å². The zero-order chi connectivity index (χ0) is 17.2. The maximum atomic E-state index is 12.9. The number of carbonyl (C=O) groups is 1. The van der Waals surface area contributed by atoms with E-state index in [9.17, 15) is 9.18 Å². The van der Waals surface area contributed by atoms with Crippen molar-refractivity contribution in [1.82, 2.24) is 10.3 Å². The molecule has 0 aliphatic rings. The third-order valence-electron chi connectivity index (χ3n) is 4.06. The second kappa shape index (κ2) is 6.48. The van der Waals surface area contributed by atoms with Crippen LogP contribution in [0.4, 0.5) is 4.39 Å². The summed E-state index contributed by atoms with van der Waals surface area (Å²) in [5, 5.41) is 4.25. The van der Waals surface area contributed by atoms with Gasteiger partial charge >= 0.3 is 0 Å². The zero-order valence-corrected chi connectivity index (χ0v) is 13.9. The average Bonchev–Trinajstić information content (AvgIpc) is 2.91. The lowest BCUT2D eigenvalue weighted by molar-refractivity contribution is -0.122. The lowest BCUT2D eigenvalue weighted by Crippen LogP contribution is -2.45. The first kappa shape index (κ1) is 16.2. The second-order valence-corrected chi connectivity index (χ2v) is 6.77. The molecule has 0 spiro atoms. The molecule has 0 saturated heterocycles. The van der Waals surface area contributed by atoms with Crippen LogP contribution in [0.1, 0.15) is 25.0 Å². The van der Waals surface area contributed by atoms with Crippen LogP contribution >= 0.6 is 0 Å². The SMILES string of the molecule is CC(C)(Cc1c[nH]c2ccccc12)NC(=O)Cc1ccc(F)cc1. The van der Waals surface area contributed by atoms with Crippen molar-refractivity contribution in [3.63, 3.8) is 0 Å². The highest BCUT2D eigenvalue weighted by atomic mass is 19.1. The lowest BCUT2D eigenvalue weighted by atomic mass is 9.94. The molecule has 124 valence electrons. The molecule has 3 rings (SSSR count). The van der Waals surface area contributed by atoms with Gasteiger partial charge in [0.1, 0.15) is 5.82 Å². The quantitative estimate of drug-likeness (QED) is 0.732. The minimum absolute atomic E-state index is 0.0635. The van der Waals surface area contributed by atoms with Crippen LogP contribution in [0.5, 0.6) is 0 Å². The van der Waals surface area contributed by atoms with Gasteiger partial charge in [0.05, 0.1) is 6.42 Å². The maximum absolute atomic E-state index is 12.9.